The van der Waals surface area contributed by atoms with E-state index in [0.29, 0.717) is 31.3 Å². The van der Waals surface area contributed by atoms with Gasteiger partial charge in [-0.1, -0.05) is 53.7 Å². The van der Waals surface area contributed by atoms with Gasteiger partial charge in [-0.2, -0.15) is 0 Å². The number of piperidine rings is 1. The number of nitrogens with zero attached hydrogens (tertiary/aromatic N) is 3. The van der Waals surface area contributed by atoms with Crippen molar-refractivity contribution in [1.29, 1.82) is 0 Å². The van der Waals surface area contributed by atoms with Gasteiger partial charge in [0.25, 0.3) is 5.91 Å². The number of amidine groups is 1. The number of nitrogens with two attached hydrogens (primary N) is 1. The van der Waals surface area contributed by atoms with Gasteiger partial charge in [-0.25, -0.2) is 9.79 Å². The molecule has 8 nitrogen and oxygen atoms in total. The van der Waals surface area contributed by atoms with Crippen molar-refractivity contribution in [2.24, 2.45) is 27.5 Å². The highest BCUT2D eigenvalue weighted by atomic mass is 16.5. The maximum atomic E-state index is 14.7. The molecular weight excluding hydrogens is 516 g/mol. The first-order valence-electron chi connectivity index (χ1n) is 15.5. The van der Waals surface area contributed by atoms with Crippen molar-refractivity contribution in [2.45, 2.75) is 117 Å². The molecule has 1 aliphatic carbocycles. The molecule has 1 amide bonds. The predicted molar refractivity (Wildman–Crippen MR) is 163 cm³/mol. The predicted octanol–water partition coefficient (Wildman–Crippen LogP) is 6.00. The Balaban J connectivity index is 1.79. The maximum absolute atomic E-state index is 14.7. The zero-order valence-corrected chi connectivity index (χ0v) is 26.3. The van der Waals surface area contributed by atoms with Crippen LogP contribution in [0.2, 0.25) is 0 Å². The first-order chi connectivity index (χ1) is 19.1. The van der Waals surface area contributed by atoms with E-state index in [-0.39, 0.29) is 28.4 Å². The van der Waals surface area contributed by atoms with Gasteiger partial charge in [0, 0.05) is 19.7 Å². The lowest BCUT2D eigenvalue weighted by molar-refractivity contribution is -0.142. The van der Waals surface area contributed by atoms with Crippen molar-refractivity contribution in [2.75, 3.05) is 19.7 Å². The Morgan fingerprint density at radius 2 is 1.71 bits per heavy atom. The summed E-state index contributed by atoms with van der Waals surface area (Å²) in [5.74, 6) is -0.0488. The van der Waals surface area contributed by atoms with Gasteiger partial charge in [0.2, 0.25) is 0 Å². The van der Waals surface area contributed by atoms with Crippen LogP contribution in [-0.2, 0) is 15.2 Å². The summed E-state index contributed by atoms with van der Waals surface area (Å²) < 4.78 is 5.97. The second-order valence-electron chi connectivity index (χ2n) is 14.7. The summed E-state index contributed by atoms with van der Waals surface area (Å²) in [6, 6.07) is 6.77. The molecule has 1 saturated carbocycles. The highest BCUT2D eigenvalue weighted by Gasteiger charge is 2.58. The number of carbonyl (C=O) groups excluding carboxylic acids is 1. The van der Waals surface area contributed by atoms with Crippen LogP contribution in [0.5, 0.6) is 0 Å². The Labute approximate surface area is 246 Å². The van der Waals surface area contributed by atoms with E-state index in [9.17, 15) is 14.7 Å². The van der Waals surface area contributed by atoms with E-state index in [1.165, 1.54) is 0 Å². The third-order valence-electron chi connectivity index (χ3n) is 9.50. The summed E-state index contributed by atoms with van der Waals surface area (Å²) in [7, 11) is 0. The normalized spacial score (nSPS) is 27.2. The summed E-state index contributed by atoms with van der Waals surface area (Å²) in [4.78, 5) is 35.7. The zero-order valence-electron chi connectivity index (χ0n) is 26.3. The Kier molecular flexibility index (Phi) is 8.97. The van der Waals surface area contributed by atoms with Gasteiger partial charge in [0.05, 0.1) is 11.7 Å². The van der Waals surface area contributed by atoms with Crippen molar-refractivity contribution in [3.63, 3.8) is 0 Å². The van der Waals surface area contributed by atoms with Crippen LogP contribution < -0.4 is 5.73 Å². The molecule has 3 aliphatic rings. The highest BCUT2D eigenvalue weighted by Crippen LogP contribution is 2.50. The minimum Gasteiger partial charge on any atom is -0.478 e. The fourth-order valence-corrected chi connectivity index (χ4v) is 6.98. The third kappa shape index (κ3) is 6.64. The van der Waals surface area contributed by atoms with Crippen LogP contribution in [0.3, 0.4) is 0 Å². The number of aromatic carboxylic acids is 1. The molecule has 1 unspecified atom stereocenters. The van der Waals surface area contributed by atoms with Crippen LogP contribution in [0.4, 0.5) is 0 Å². The van der Waals surface area contributed by atoms with Gasteiger partial charge in [0.1, 0.15) is 11.3 Å². The van der Waals surface area contributed by atoms with E-state index in [1.54, 1.807) is 24.3 Å². The minimum absolute atomic E-state index is 0.00722. The first-order valence-corrected chi connectivity index (χ1v) is 15.5. The molecule has 1 spiro atoms. The number of carbonyl (C=O) groups is 2. The number of likely N-dealkylation sites (tertiary alicyclic amines) is 1. The topological polar surface area (TPSA) is 108 Å². The molecule has 3 N–H and O–H groups in total. The van der Waals surface area contributed by atoms with Crippen molar-refractivity contribution in [1.82, 2.24) is 9.80 Å². The van der Waals surface area contributed by atoms with Crippen LogP contribution in [0.15, 0.2) is 29.3 Å². The maximum Gasteiger partial charge on any atom is 0.335 e. The van der Waals surface area contributed by atoms with E-state index in [4.69, 9.17) is 15.5 Å². The van der Waals surface area contributed by atoms with Crippen molar-refractivity contribution < 1.29 is 19.4 Å². The Hall–Kier alpha value is -2.45. The van der Waals surface area contributed by atoms with Crippen molar-refractivity contribution >= 4 is 17.7 Å². The standard InChI is InChI=1S/C33H52N4O4/c1-8-41-26-10-9-21-36(22-26)27-28(38)37(32(35-27)17-15-24(16-18-32)31(5,6)7)33(34,20-19-30(2,3)4)25-13-11-23(12-14-25)29(39)40/h11-14,24,26H,8-10,15-22,34H2,1-7H3,(H,39,40)/t24?,26?,32?,33-/m1/s1. The summed E-state index contributed by atoms with van der Waals surface area (Å²) in [6.45, 7) is 17.5. The van der Waals surface area contributed by atoms with E-state index in [2.05, 4.69) is 46.4 Å². The second kappa shape index (κ2) is 11.7. The largest absolute Gasteiger partial charge is 0.478 e. The van der Waals surface area contributed by atoms with E-state index < -0.39 is 17.3 Å². The van der Waals surface area contributed by atoms with Gasteiger partial charge in [-0.05, 0) is 92.7 Å². The number of ether oxygens (including phenoxy) is 1. The van der Waals surface area contributed by atoms with E-state index >= 15 is 0 Å². The third-order valence-corrected chi connectivity index (χ3v) is 9.50. The van der Waals surface area contributed by atoms with Crippen LogP contribution >= 0.6 is 0 Å². The Morgan fingerprint density at radius 3 is 2.24 bits per heavy atom. The van der Waals surface area contributed by atoms with Crippen LogP contribution in [-0.4, -0.2) is 64.1 Å². The number of carboxylic acid groups (broad SMARTS) is 1. The number of hydrogen-bond donors (Lipinski definition) is 2. The lowest BCUT2D eigenvalue weighted by Gasteiger charge is -2.51. The number of hydrogen-bond acceptors (Lipinski definition) is 6. The molecule has 228 valence electrons. The minimum atomic E-state index is -1.14. The molecular formula is C33H52N4O4. The second-order valence-corrected chi connectivity index (χ2v) is 14.7. The number of carboxylic acids is 1. The summed E-state index contributed by atoms with van der Waals surface area (Å²) >= 11 is 0. The molecule has 2 heterocycles. The van der Waals surface area contributed by atoms with E-state index in [1.807, 2.05) is 11.8 Å². The van der Waals surface area contributed by atoms with Crippen molar-refractivity contribution in [3.8, 4) is 0 Å². The molecule has 2 aliphatic heterocycles. The lowest BCUT2D eigenvalue weighted by Crippen LogP contribution is -2.64. The number of aliphatic imine (C=N–C) groups is 1. The fraction of sp³-hybridized carbons (Fsp3) is 0.727. The van der Waals surface area contributed by atoms with Gasteiger partial charge in [-0.3, -0.25) is 9.69 Å². The molecule has 2 atom stereocenters. The summed E-state index contributed by atoms with van der Waals surface area (Å²) in [5, 5.41) is 9.54. The van der Waals surface area contributed by atoms with Crippen LogP contribution in [0.1, 0.15) is 116 Å². The average Bonchev–Trinajstić information content (AvgIpc) is 3.18. The van der Waals surface area contributed by atoms with Crippen molar-refractivity contribution in [3.05, 3.63) is 35.4 Å². The molecule has 0 aromatic heterocycles. The molecule has 0 radical (unpaired) electrons. The lowest BCUT2D eigenvalue weighted by atomic mass is 9.69. The van der Waals surface area contributed by atoms with Crippen LogP contribution in [0.25, 0.3) is 0 Å². The monoisotopic (exact) mass is 568 g/mol. The summed E-state index contributed by atoms with van der Waals surface area (Å²) in [6.07, 6.45) is 6.81. The molecule has 0 bridgehead atoms. The average molecular weight is 569 g/mol. The number of rotatable bonds is 7. The molecule has 1 aromatic rings. The molecule has 4 rings (SSSR count). The molecule has 1 aromatic carbocycles. The van der Waals surface area contributed by atoms with Gasteiger partial charge >= 0.3 is 5.97 Å². The first kappa shape index (κ1) is 31.5. The number of amides is 1. The highest BCUT2D eigenvalue weighted by molar-refractivity contribution is 6.39. The SMILES string of the molecule is CCOC1CCCN(C2=NC3(CCC(C(C)(C)C)CC3)N([C@](N)(CCC(C)(C)C)c3ccc(C(=O)O)cc3)C2=O)C1. The van der Waals surface area contributed by atoms with E-state index in [0.717, 1.165) is 57.1 Å². The smallest absolute Gasteiger partial charge is 0.335 e. The van der Waals surface area contributed by atoms with Gasteiger partial charge in [0.15, 0.2) is 5.84 Å². The van der Waals surface area contributed by atoms with Crippen LogP contribution in [0, 0.1) is 16.7 Å². The Bertz CT molecular complexity index is 1120. The van der Waals surface area contributed by atoms with Gasteiger partial charge < -0.3 is 20.5 Å². The molecule has 8 heteroatoms. The Morgan fingerprint density at radius 1 is 1.07 bits per heavy atom. The molecule has 1 saturated heterocycles. The zero-order chi connectivity index (χ0) is 30.2. The summed E-state index contributed by atoms with van der Waals surface area (Å²) in [5.41, 5.74) is 6.73. The molecule has 2 fully saturated rings. The number of benzene rings is 1. The quantitative estimate of drug-likeness (QED) is 0.418. The fourth-order valence-electron chi connectivity index (χ4n) is 6.98. The van der Waals surface area contributed by atoms with Gasteiger partial charge in [-0.15, -0.1) is 0 Å². The molecule has 41 heavy (non-hydrogen) atoms.